The van der Waals surface area contributed by atoms with Crippen LogP contribution in [0.2, 0.25) is 0 Å². The van der Waals surface area contributed by atoms with E-state index in [9.17, 15) is 13.2 Å². The van der Waals surface area contributed by atoms with E-state index in [0.717, 1.165) is 22.9 Å². The molecule has 2 atom stereocenters. The first kappa shape index (κ1) is 19.4. The topological polar surface area (TPSA) is 75.3 Å². The minimum Gasteiger partial charge on any atom is -0.336 e. The van der Waals surface area contributed by atoms with Gasteiger partial charge in [-0.1, -0.05) is 91.0 Å². The normalized spacial score (nSPS) is 19.3. The maximum atomic E-state index is 12.4. The first-order chi connectivity index (χ1) is 13.9. The molecule has 3 aromatic rings. The third kappa shape index (κ3) is 3.45. The number of β-lactam (4-membered cyclic amide) rings is 1. The van der Waals surface area contributed by atoms with Crippen molar-refractivity contribution in [1.29, 1.82) is 0 Å². The van der Waals surface area contributed by atoms with E-state index >= 15 is 0 Å². The van der Waals surface area contributed by atoms with Gasteiger partial charge in [-0.15, -0.1) is 0 Å². The predicted octanol–water partition coefficient (Wildman–Crippen LogP) is 2.44. The van der Waals surface area contributed by atoms with E-state index in [1.54, 1.807) is 0 Å². The molecule has 5 nitrogen and oxygen atoms in total. The SMILES string of the molecule is CS(=O)(=O)[C@@H]1NC(=O)[C@@H]1NC(c1ccccc1)(c1ccccc1)c1ccccc1. The molecule has 0 unspecified atom stereocenters. The van der Waals surface area contributed by atoms with Crippen molar-refractivity contribution in [1.82, 2.24) is 10.6 Å². The van der Waals surface area contributed by atoms with Crippen LogP contribution in [0.5, 0.6) is 0 Å². The Kier molecular flexibility index (Phi) is 4.98. The number of carbonyl (C=O) groups excluding carboxylic acids is 1. The van der Waals surface area contributed by atoms with Gasteiger partial charge in [0.05, 0.1) is 5.54 Å². The van der Waals surface area contributed by atoms with Gasteiger partial charge in [-0.3, -0.25) is 10.1 Å². The molecule has 0 spiro atoms. The number of hydrogen-bond acceptors (Lipinski definition) is 4. The summed E-state index contributed by atoms with van der Waals surface area (Å²) in [5.41, 5.74) is 1.87. The number of carbonyl (C=O) groups is 1. The molecule has 1 aliphatic heterocycles. The van der Waals surface area contributed by atoms with Crippen LogP contribution in [0.4, 0.5) is 0 Å². The smallest absolute Gasteiger partial charge is 0.241 e. The molecule has 1 amide bonds. The summed E-state index contributed by atoms with van der Waals surface area (Å²) >= 11 is 0. The molecule has 2 N–H and O–H groups in total. The molecule has 0 radical (unpaired) electrons. The molecular weight excluding hydrogens is 384 g/mol. The fraction of sp³-hybridized carbons (Fsp3) is 0.174. The lowest BCUT2D eigenvalue weighted by molar-refractivity contribution is -0.130. The Morgan fingerprint density at radius 3 is 1.45 bits per heavy atom. The fourth-order valence-corrected chi connectivity index (χ4v) is 4.91. The molecule has 0 aliphatic carbocycles. The summed E-state index contributed by atoms with van der Waals surface area (Å²) in [4.78, 5) is 12.4. The third-order valence-corrected chi connectivity index (χ3v) is 6.64. The van der Waals surface area contributed by atoms with E-state index in [1.165, 1.54) is 0 Å². The van der Waals surface area contributed by atoms with Crippen molar-refractivity contribution in [3.8, 4) is 0 Å². The van der Waals surface area contributed by atoms with Crippen LogP contribution >= 0.6 is 0 Å². The molecule has 1 fully saturated rings. The molecule has 3 aromatic carbocycles. The van der Waals surface area contributed by atoms with Gasteiger partial charge >= 0.3 is 0 Å². The van der Waals surface area contributed by atoms with Crippen molar-refractivity contribution in [2.75, 3.05) is 6.26 Å². The van der Waals surface area contributed by atoms with Crippen LogP contribution in [0.1, 0.15) is 16.7 Å². The summed E-state index contributed by atoms with van der Waals surface area (Å²) in [5.74, 6) is -0.326. The number of nitrogens with one attached hydrogen (secondary N) is 2. The Bertz CT molecular complexity index is 1000. The second kappa shape index (κ2) is 7.46. The van der Waals surface area contributed by atoms with Crippen LogP contribution < -0.4 is 10.6 Å². The van der Waals surface area contributed by atoms with Gasteiger partial charge in [0.1, 0.15) is 6.04 Å². The van der Waals surface area contributed by atoms with Crippen molar-refractivity contribution in [2.24, 2.45) is 0 Å². The van der Waals surface area contributed by atoms with E-state index < -0.39 is 26.8 Å². The summed E-state index contributed by atoms with van der Waals surface area (Å²) in [7, 11) is -3.46. The van der Waals surface area contributed by atoms with E-state index in [2.05, 4.69) is 10.6 Å². The highest BCUT2D eigenvalue weighted by Gasteiger charge is 2.50. The van der Waals surface area contributed by atoms with E-state index in [-0.39, 0.29) is 5.91 Å². The molecule has 4 rings (SSSR count). The summed E-state index contributed by atoms with van der Waals surface area (Å²) in [6.07, 6.45) is 1.14. The average Bonchev–Trinajstić information content (AvgIpc) is 2.74. The molecule has 0 saturated carbocycles. The molecule has 1 saturated heterocycles. The Morgan fingerprint density at radius 1 is 0.759 bits per heavy atom. The van der Waals surface area contributed by atoms with Crippen LogP contribution in [0.3, 0.4) is 0 Å². The largest absolute Gasteiger partial charge is 0.336 e. The summed E-state index contributed by atoms with van der Waals surface area (Å²) in [6, 6.07) is 28.5. The number of benzene rings is 3. The van der Waals surface area contributed by atoms with Gasteiger partial charge in [-0.25, -0.2) is 8.42 Å². The van der Waals surface area contributed by atoms with Gasteiger partial charge in [-0.2, -0.15) is 0 Å². The lowest BCUT2D eigenvalue weighted by Gasteiger charge is -2.45. The zero-order valence-electron chi connectivity index (χ0n) is 15.9. The molecule has 6 heteroatoms. The minimum atomic E-state index is -3.46. The van der Waals surface area contributed by atoms with E-state index in [4.69, 9.17) is 0 Å². The highest BCUT2D eigenvalue weighted by Crippen LogP contribution is 2.38. The van der Waals surface area contributed by atoms with Crippen molar-refractivity contribution < 1.29 is 13.2 Å². The lowest BCUT2D eigenvalue weighted by Crippen LogP contribution is -2.73. The van der Waals surface area contributed by atoms with E-state index in [1.807, 2.05) is 91.0 Å². The molecule has 0 bridgehead atoms. The Labute approximate surface area is 170 Å². The van der Waals surface area contributed by atoms with Crippen LogP contribution in [-0.4, -0.2) is 32.0 Å². The summed E-state index contributed by atoms with van der Waals surface area (Å²) in [5, 5.41) is 4.98. The van der Waals surface area contributed by atoms with Crippen molar-refractivity contribution in [2.45, 2.75) is 17.0 Å². The maximum absolute atomic E-state index is 12.4. The second-order valence-electron chi connectivity index (χ2n) is 7.23. The molecule has 29 heavy (non-hydrogen) atoms. The number of rotatable bonds is 6. The van der Waals surface area contributed by atoms with Gasteiger partial charge in [0.25, 0.3) is 0 Å². The van der Waals surface area contributed by atoms with Crippen LogP contribution in [-0.2, 0) is 20.2 Å². The second-order valence-corrected chi connectivity index (χ2v) is 9.40. The highest BCUT2D eigenvalue weighted by molar-refractivity contribution is 7.91. The zero-order valence-corrected chi connectivity index (χ0v) is 16.8. The van der Waals surface area contributed by atoms with Crippen LogP contribution in [0.25, 0.3) is 0 Å². The standard InChI is InChI=1S/C23H22N2O3S/c1-29(27,28)22-20(21(26)24-22)25-23(17-11-5-2-6-12-17,18-13-7-3-8-14-18)19-15-9-4-10-16-19/h2-16,20,22,25H,1H3,(H,24,26)/t20-,22-/m0/s1. The Balaban J connectivity index is 1.95. The molecule has 1 aliphatic rings. The van der Waals surface area contributed by atoms with Crippen molar-refractivity contribution in [3.63, 3.8) is 0 Å². The zero-order chi connectivity index (χ0) is 20.5. The Morgan fingerprint density at radius 2 is 1.14 bits per heavy atom. The Hall–Kier alpha value is -2.96. The highest BCUT2D eigenvalue weighted by atomic mass is 32.2. The third-order valence-electron chi connectivity index (χ3n) is 5.32. The quantitative estimate of drug-likeness (QED) is 0.487. The minimum absolute atomic E-state index is 0.326. The first-order valence-electron chi connectivity index (χ1n) is 9.36. The van der Waals surface area contributed by atoms with Crippen molar-refractivity contribution >= 4 is 15.7 Å². The number of hydrogen-bond donors (Lipinski definition) is 2. The van der Waals surface area contributed by atoms with Gasteiger partial charge < -0.3 is 5.32 Å². The average molecular weight is 407 g/mol. The molecule has 1 heterocycles. The van der Waals surface area contributed by atoms with Gasteiger partial charge in [0.15, 0.2) is 15.2 Å². The van der Waals surface area contributed by atoms with Crippen LogP contribution in [0, 0.1) is 0 Å². The summed E-state index contributed by atoms with van der Waals surface area (Å²) in [6.45, 7) is 0. The van der Waals surface area contributed by atoms with Gasteiger partial charge in [0.2, 0.25) is 5.91 Å². The molecular formula is C23H22N2O3S. The van der Waals surface area contributed by atoms with Gasteiger partial charge in [0, 0.05) is 6.26 Å². The maximum Gasteiger partial charge on any atom is 0.241 e. The molecule has 148 valence electrons. The number of amides is 1. The van der Waals surface area contributed by atoms with Crippen LogP contribution in [0.15, 0.2) is 91.0 Å². The predicted molar refractivity (Wildman–Crippen MR) is 113 cm³/mol. The number of sulfone groups is 1. The van der Waals surface area contributed by atoms with Gasteiger partial charge in [-0.05, 0) is 16.7 Å². The monoisotopic (exact) mass is 406 g/mol. The first-order valence-corrected chi connectivity index (χ1v) is 11.3. The van der Waals surface area contributed by atoms with E-state index in [0.29, 0.717) is 0 Å². The lowest BCUT2D eigenvalue weighted by atomic mass is 9.76. The molecule has 0 aromatic heterocycles. The summed E-state index contributed by atoms with van der Waals surface area (Å²) < 4.78 is 24.4. The fourth-order valence-electron chi connectivity index (χ4n) is 3.90. The van der Waals surface area contributed by atoms with Crippen molar-refractivity contribution in [3.05, 3.63) is 108 Å².